The molecule has 3 aromatic rings. The van der Waals surface area contributed by atoms with E-state index in [1.54, 1.807) is 18.3 Å². The quantitative estimate of drug-likeness (QED) is 0.383. The lowest BCUT2D eigenvalue weighted by atomic mass is 9.93. The summed E-state index contributed by atoms with van der Waals surface area (Å²) in [5.74, 6) is 0.607. The van der Waals surface area contributed by atoms with Gasteiger partial charge >= 0.3 is 12.3 Å². The molecule has 1 aliphatic heterocycles. The minimum Gasteiger partial charge on any atom is -0.465 e. The van der Waals surface area contributed by atoms with E-state index in [2.05, 4.69) is 14.9 Å². The third kappa shape index (κ3) is 6.08. The molecule has 1 aromatic carbocycles. The lowest BCUT2D eigenvalue weighted by molar-refractivity contribution is -0.180. The summed E-state index contributed by atoms with van der Waals surface area (Å²) >= 11 is 0.797. The Bertz CT molecular complexity index is 1100. The number of hydrogen-bond donors (Lipinski definition) is 1. The van der Waals surface area contributed by atoms with Crippen LogP contribution in [0.1, 0.15) is 30.2 Å². The molecule has 0 aliphatic carbocycles. The number of piperidine rings is 1. The maximum absolute atomic E-state index is 13.7. The van der Waals surface area contributed by atoms with Crippen LogP contribution in [0, 0.1) is 11.7 Å². The Morgan fingerprint density at radius 3 is 2.34 bits per heavy atom. The van der Waals surface area contributed by atoms with E-state index in [0.29, 0.717) is 24.4 Å². The van der Waals surface area contributed by atoms with E-state index in [-0.39, 0.29) is 23.2 Å². The molecule has 4 rings (SSSR count). The summed E-state index contributed by atoms with van der Waals surface area (Å²) in [7, 11) is 0. The first-order chi connectivity index (χ1) is 16.7. The standard InChI is InChI=1S/C24H24F4N4O2S/c25-19-4-1-17(2-5-19)18-3-6-21(30-13-18)31-10-7-16(8-11-31)9-12-32(23(33)34)22(24(26,27)28)20-14-29-15-35-20/h1-6,13-16,22H,7-12H2,(H,33,34). The molecule has 6 nitrogen and oxygen atoms in total. The summed E-state index contributed by atoms with van der Waals surface area (Å²) in [4.78, 5) is 22.4. The molecule has 35 heavy (non-hydrogen) atoms. The number of pyridine rings is 1. The maximum atomic E-state index is 13.7. The Kier molecular flexibility index (Phi) is 7.54. The highest BCUT2D eigenvalue weighted by Gasteiger charge is 2.47. The molecule has 0 radical (unpaired) electrons. The average molecular weight is 509 g/mol. The molecule has 1 fully saturated rings. The topological polar surface area (TPSA) is 69.6 Å². The van der Waals surface area contributed by atoms with Crippen LogP contribution in [0.15, 0.2) is 54.3 Å². The molecule has 1 saturated heterocycles. The van der Waals surface area contributed by atoms with Crippen LogP contribution in [0.2, 0.25) is 0 Å². The predicted molar refractivity (Wildman–Crippen MR) is 125 cm³/mol. The minimum atomic E-state index is -4.72. The van der Waals surface area contributed by atoms with Crippen LogP contribution >= 0.6 is 11.3 Å². The molecule has 1 amide bonds. The number of carbonyl (C=O) groups is 1. The fourth-order valence-corrected chi connectivity index (χ4v) is 5.10. The van der Waals surface area contributed by atoms with E-state index in [0.717, 1.165) is 47.3 Å². The number of anilines is 1. The Morgan fingerprint density at radius 2 is 1.80 bits per heavy atom. The van der Waals surface area contributed by atoms with Crippen molar-refractivity contribution >= 4 is 23.2 Å². The Labute approximate surface area is 203 Å². The first kappa shape index (κ1) is 24.9. The van der Waals surface area contributed by atoms with Gasteiger partial charge in [-0.15, -0.1) is 11.3 Å². The third-order valence-electron chi connectivity index (χ3n) is 6.23. The number of nitrogens with zero attached hydrogens (tertiary/aromatic N) is 4. The van der Waals surface area contributed by atoms with Gasteiger partial charge in [-0.25, -0.2) is 14.2 Å². The van der Waals surface area contributed by atoms with E-state index in [4.69, 9.17) is 0 Å². The second kappa shape index (κ2) is 10.6. The summed E-state index contributed by atoms with van der Waals surface area (Å²) in [5, 5.41) is 9.52. The molecule has 0 bridgehead atoms. The molecule has 1 atom stereocenters. The van der Waals surface area contributed by atoms with Crippen molar-refractivity contribution < 1.29 is 27.5 Å². The van der Waals surface area contributed by atoms with Crippen LogP contribution in [-0.2, 0) is 0 Å². The second-order valence-electron chi connectivity index (χ2n) is 8.45. The summed E-state index contributed by atoms with van der Waals surface area (Å²) in [6.45, 7) is 1.16. The number of alkyl halides is 3. The van der Waals surface area contributed by atoms with Crippen LogP contribution in [0.4, 0.5) is 28.2 Å². The Balaban J connectivity index is 1.33. The second-order valence-corrected chi connectivity index (χ2v) is 9.37. The van der Waals surface area contributed by atoms with Crippen LogP contribution in [-0.4, -0.2) is 51.9 Å². The van der Waals surface area contributed by atoms with Gasteiger partial charge in [0.1, 0.15) is 11.6 Å². The highest BCUT2D eigenvalue weighted by molar-refractivity contribution is 7.09. The van der Waals surface area contributed by atoms with Crippen molar-refractivity contribution in [2.45, 2.75) is 31.5 Å². The minimum absolute atomic E-state index is 0.113. The molecule has 1 unspecified atom stereocenters. The lowest BCUT2D eigenvalue weighted by Gasteiger charge is -2.35. The van der Waals surface area contributed by atoms with Gasteiger partial charge in [0.15, 0.2) is 6.04 Å². The van der Waals surface area contributed by atoms with Gasteiger partial charge in [0.2, 0.25) is 0 Å². The van der Waals surface area contributed by atoms with E-state index < -0.39 is 18.3 Å². The van der Waals surface area contributed by atoms with Gasteiger partial charge in [-0.2, -0.15) is 13.2 Å². The van der Waals surface area contributed by atoms with Crippen molar-refractivity contribution in [2.24, 2.45) is 5.92 Å². The molecule has 1 N–H and O–H groups in total. The van der Waals surface area contributed by atoms with Gasteiger partial charge in [0.05, 0.1) is 10.4 Å². The molecule has 11 heteroatoms. The molecule has 0 spiro atoms. The van der Waals surface area contributed by atoms with Crippen molar-refractivity contribution in [3.63, 3.8) is 0 Å². The molecule has 3 heterocycles. The van der Waals surface area contributed by atoms with Gasteiger partial charge in [0, 0.05) is 37.6 Å². The van der Waals surface area contributed by atoms with Gasteiger partial charge < -0.3 is 10.0 Å². The molecule has 0 saturated carbocycles. The molecule has 1 aliphatic rings. The molecular weight excluding hydrogens is 484 g/mol. The number of amides is 1. The predicted octanol–water partition coefficient (Wildman–Crippen LogP) is 6.23. The van der Waals surface area contributed by atoms with Crippen molar-refractivity contribution in [1.82, 2.24) is 14.9 Å². The first-order valence-corrected chi connectivity index (χ1v) is 12.0. The van der Waals surface area contributed by atoms with Crippen LogP contribution in [0.5, 0.6) is 0 Å². The largest absolute Gasteiger partial charge is 0.465 e. The lowest BCUT2D eigenvalue weighted by Crippen LogP contribution is -2.43. The highest BCUT2D eigenvalue weighted by atomic mass is 32.1. The summed E-state index contributed by atoms with van der Waals surface area (Å²) in [6, 6.07) is 7.78. The zero-order valence-electron chi connectivity index (χ0n) is 18.7. The van der Waals surface area contributed by atoms with Crippen molar-refractivity contribution in [3.05, 3.63) is 65.0 Å². The fraction of sp³-hybridized carbons (Fsp3) is 0.375. The van der Waals surface area contributed by atoms with Crippen LogP contribution in [0.3, 0.4) is 0 Å². The fourth-order valence-electron chi connectivity index (χ4n) is 4.35. The van der Waals surface area contributed by atoms with Crippen LogP contribution in [0.25, 0.3) is 11.1 Å². The third-order valence-corrected chi connectivity index (χ3v) is 7.06. The SMILES string of the molecule is O=C(O)N(CCC1CCN(c2ccc(-c3ccc(F)cc3)cn2)CC1)C(c1cncs1)C(F)(F)F. The van der Waals surface area contributed by atoms with Crippen molar-refractivity contribution in [2.75, 3.05) is 24.5 Å². The van der Waals surface area contributed by atoms with Crippen molar-refractivity contribution in [3.8, 4) is 11.1 Å². The molecular formula is C24H24F4N4O2S. The Morgan fingerprint density at radius 1 is 1.11 bits per heavy atom. The monoisotopic (exact) mass is 508 g/mol. The molecule has 2 aromatic heterocycles. The van der Waals surface area contributed by atoms with E-state index in [1.807, 2.05) is 12.1 Å². The van der Waals surface area contributed by atoms with E-state index in [1.165, 1.54) is 17.6 Å². The number of halogens is 4. The highest BCUT2D eigenvalue weighted by Crippen LogP contribution is 2.40. The zero-order chi connectivity index (χ0) is 25.0. The van der Waals surface area contributed by atoms with Gasteiger partial charge in [0.25, 0.3) is 0 Å². The number of thiazole rings is 1. The van der Waals surface area contributed by atoms with Crippen LogP contribution < -0.4 is 4.90 Å². The van der Waals surface area contributed by atoms with E-state index in [9.17, 15) is 27.5 Å². The summed E-state index contributed by atoms with van der Waals surface area (Å²) in [5.41, 5.74) is 3.00. The number of rotatable bonds is 7. The van der Waals surface area contributed by atoms with Gasteiger partial charge in [-0.3, -0.25) is 9.88 Å². The number of benzene rings is 1. The summed E-state index contributed by atoms with van der Waals surface area (Å²) in [6.07, 6.45) is -1.70. The normalized spacial score (nSPS) is 15.7. The number of aromatic nitrogens is 2. The zero-order valence-corrected chi connectivity index (χ0v) is 19.5. The van der Waals surface area contributed by atoms with Gasteiger partial charge in [-0.1, -0.05) is 12.1 Å². The Hall–Kier alpha value is -3.21. The number of carboxylic acid groups (broad SMARTS) is 1. The molecule has 186 valence electrons. The smallest absolute Gasteiger partial charge is 0.414 e. The average Bonchev–Trinajstić information content (AvgIpc) is 3.36. The maximum Gasteiger partial charge on any atom is 0.414 e. The first-order valence-electron chi connectivity index (χ1n) is 11.1. The van der Waals surface area contributed by atoms with E-state index >= 15 is 0 Å². The summed E-state index contributed by atoms with van der Waals surface area (Å²) < 4.78 is 54.2. The van der Waals surface area contributed by atoms with Gasteiger partial charge in [-0.05, 0) is 55.0 Å². The number of hydrogen-bond acceptors (Lipinski definition) is 5. The van der Waals surface area contributed by atoms with Crippen molar-refractivity contribution in [1.29, 1.82) is 0 Å².